The van der Waals surface area contributed by atoms with Crippen LogP contribution in [-0.2, 0) is 0 Å². The SMILES string of the molecule is c1ccc(-c2ccc3oc4cccc(-c5nc(-c6ccccc6)nc(-c6ccc(-c7ccc(-c8ccc(-c9ccccc9-c9cccc%10c9oc9c(-c%11ccccc%11)cccc9%10)cc8)cc7)cc6)n5)c4c3c2)cc1. The van der Waals surface area contributed by atoms with E-state index in [9.17, 15) is 0 Å². The maximum Gasteiger partial charge on any atom is 0.164 e. The molecule has 14 rings (SSSR count). The number of nitrogens with zero attached hydrogens (tertiary/aromatic N) is 3. The van der Waals surface area contributed by atoms with Crippen molar-refractivity contribution in [3.8, 4) is 101 Å². The molecule has 0 aliphatic carbocycles. The molecule has 0 amide bonds. The highest BCUT2D eigenvalue weighted by Gasteiger charge is 2.20. The third kappa shape index (κ3) is 7.63. The lowest BCUT2D eigenvalue weighted by Crippen LogP contribution is -2.00. The first-order chi connectivity index (χ1) is 36.7. The lowest BCUT2D eigenvalue weighted by atomic mass is 9.92. The van der Waals surface area contributed by atoms with Crippen molar-refractivity contribution in [2.75, 3.05) is 0 Å². The summed E-state index contributed by atoms with van der Waals surface area (Å²) in [7, 11) is 0. The summed E-state index contributed by atoms with van der Waals surface area (Å²) >= 11 is 0. The Balaban J connectivity index is 0.754. The molecule has 0 atom stereocenters. The maximum atomic E-state index is 6.82. The summed E-state index contributed by atoms with van der Waals surface area (Å²) in [6, 6.07) is 91.1. The zero-order valence-electron chi connectivity index (χ0n) is 40.0. The number of fused-ring (bicyclic) bond motifs is 6. The molecule has 0 bridgehead atoms. The summed E-state index contributed by atoms with van der Waals surface area (Å²) in [5.74, 6) is 1.79. The molecule has 0 N–H and O–H groups in total. The van der Waals surface area contributed by atoms with E-state index in [0.29, 0.717) is 17.5 Å². The van der Waals surface area contributed by atoms with Gasteiger partial charge in [-0.25, -0.2) is 15.0 Å². The topological polar surface area (TPSA) is 65.0 Å². The Morgan fingerprint density at radius 1 is 0.216 bits per heavy atom. The normalized spacial score (nSPS) is 11.5. The molecule has 0 radical (unpaired) electrons. The summed E-state index contributed by atoms with van der Waals surface area (Å²) in [5.41, 5.74) is 19.6. The second-order valence-corrected chi connectivity index (χ2v) is 18.6. The van der Waals surface area contributed by atoms with Gasteiger partial charge in [0.2, 0.25) is 0 Å². The maximum absolute atomic E-state index is 6.82. The van der Waals surface area contributed by atoms with Crippen molar-refractivity contribution in [1.29, 1.82) is 0 Å². The molecule has 346 valence electrons. The second kappa shape index (κ2) is 18.0. The van der Waals surface area contributed by atoms with Crippen LogP contribution in [0.1, 0.15) is 0 Å². The van der Waals surface area contributed by atoms with Crippen molar-refractivity contribution in [3.05, 3.63) is 261 Å². The average Bonchev–Trinajstić information content (AvgIpc) is 4.07. The van der Waals surface area contributed by atoms with Gasteiger partial charge in [0.25, 0.3) is 0 Å². The lowest BCUT2D eigenvalue weighted by Gasteiger charge is -2.12. The fraction of sp³-hybridized carbons (Fsp3) is 0. The van der Waals surface area contributed by atoms with Gasteiger partial charge >= 0.3 is 0 Å². The van der Waals surface area contributed by atoms with Crippen molar-refractivity contribution < 1.29 is 8.83 Å². The van der Waals surface area contributed by atoms with Crippen LogP contribution >= 0.6 is 0 Å². The lowest BCUT2D eigenvalue weighted by molar-refractivity contribution is 0.669. The minimum absolute atomic E-state index is 0.585. The second-order valence-electron chi connectivity index (χ2n) is 18.6. The van der Waals surface area contributed by atoms with E-state index in [1.807, 2.05) is 54.6 Å². The minimum Gasteiger partial charge on any atom is -0.456 e. The van der Waals surface area contributed by atoms with Gasteiger partial charge in [0.1, 0.15) is 22.3 Å². The summed E-state index contributed by atoms with van der Waals surface area (Å²) in [4.78, 5) is 15.3. The Morgan fingerprint density at radius 3 is 1.24 bits per heavy atom. The molecule has 0 unspecified atom stereocenters. The number of hydrogen-bond donors (Lipinski definition) is 0. The Hall–Kier alpha value is -9.97. The van der Waals surface area contributed by atoms with E-state index in [-0.39, 0.29) is 0 Å². The molecule has 3 heterocycles. The highest BCUT2D eigenvalue weighted by molar-refractivity contribution is 6.14. The molecular formula is C69H43N3O2. The molecule has 14 aromatic rings. The van der Waals surface area contributed by atoms with Gasteiger partial charge in [-0.3, -0.25) is 0 Å². The summed E-state index contributed by atoms with van der Waals surface area (Å²) in [5, 5.41) is 4.22. The van der Waals surface area contributed by atoms with Gasteiger partial charge < -0.3 is 8.83 Å². The number of aromatic nitrogens is 3. The van der Waals surface area contributed by atoms with Crippen LogP contribution in [0.4, 0.5) is 0 Å². The third-order valence-corrected chi connectivity index (χ3v) is 14.2. The summed E-state index contributed by atoms with van der Waals surface area (Å²) in [6.07, 6.45) is 0. The summed E-state index contributed by atoms with van der Waals surface area (Å²) < 4.78 is 13.2. The average molecular weight is 946 g/mol. The predicted octanol–water partition coefficient (Wildman–Crippen LogP) is 18.7. The van der Waals surface area contributed by atoms with E-state index in [2.05, 4.69) is 206 Å². The Bertz CT molecular complexity index is 4370. The molecule has 0 aliphatic heterocycles. The number of benzene rings is 11. The van der Waals surface area contributed by atoms with Gasteiger partial charge in [-0.05, 0) is 73.8 Å². The first-order valence-electron chi connectivity index (χ1n) is 24.9. The molecule has 0 spiro atoms. The van der Waals surface area contributed by atoms with Crippen molar-refractivity contribution in [2.24, 2.45) is 0 Å². The first kappa shape index (κ1) is 42.9. The van der Waals surface area contributed by atoms with Crippen LogP contribution in [0.15, 0.2) is 270 Å². The smallest absolute Gasteiger partial charge is 0.164 e. The van der Waals surface area contributed by atoms with Gasteiger partial charge in [-0.2, -0.15) is 0 Å². The van der Waals surface area contributed by atoms with Crippen LogP contribution < -0.4 is 0 Å². The van der Waals surface area contributed by atoms with Gasteiger partial charge in [-0.15, -0.1) is 0 Å². The number of rotatable bonds is 9. The van der Waals surface area contributed by atoms with Crippen molar-refractivity contribution >= 4 is 43.9 Å². The van der Waals surface area contributed by atoms with Crippen molar-refractivity contribution in [2.45, 2.75) is 0 Å². The molecule has 5 heteroatoms. The van der Waals surface area contributed by atoms with Crippen LogP contribution in [0, 0.1) is 0 Å². The van der Waals surface area contributed by atoms with Crippen LogP contribution in [0.5, 0.6) is 0 Å². The predicted molar refractivity (Wildman–Crippen MR) is 303 cm³/mol. The third-order valence-electron chi connectivity index (χ3n) is 14.2. The zero-order valence-corrected chi connectivity index (χ0v) is 40.0. The zero-order chi connectivity index (χ0) is 49.0. The van der Waals surface area contributed by atoms with Crippen LogP contribution in [0.2, 0.25) is 0 Å². The van der Waals surface area contributed by atoms with E-state index in [0.717, 1.165) is 127 Å². The first-order valence-corrected chi connectivity index (χ1v) is 24.9. The summed E-state index contributed by atoms with van der Waals surface area (Å²) in [6.45, 7) is 0. The van der Waals surface area contributed by atoms with Gasteiger partial charge in [0, 0.05) is 49.4 Å². The standard InChI is InChI=1S/C69H43N3O2/c1-4-15-44(16-5-1)53-41-42-62-61(43-53)64-60(27-14-28-63(64)73-62)69-71-67(51-19-8-3-9-20-51)70-68(72-69)52-39-35-48(36-40-52)46-31-29-45(30-32-46)47-33-37-50(38-34-47)54-21-10-11-22-56(54)57-24-13-26-59-58-25-12-23-55(65(58)74-66(57)59)49-17-6-2-7-18-49/h1-43H. The largest absolute Gasteiger partial charge is 0.456 e. The van der Waals surface area contributed by atoms with Crippen LogP contribution in [-0.4, -0.2) is 15.0 Å². The van der Waals surface area contributed by atoms with E-state index in [1.54, 1.807) is 0 Å². The van der Waals surface area contributed by atoms with Crippen molar-refractivity contribution in [3.63, 3.8) is 0 Å². The van der Waals surface area contributed by atoms with Gasteiger partial charge in [0.15, 0.2) is 17.5 Å². The van der Waals surface area contributed by atoms with E-state index in [1.165, 1.54) is 0 Å². The number of para-hydroxylation sites is 2. The molecule has 0 saturated carbocycles. The van der Waals surface area contributed by atoms with Gasteiger partial charge in [0.05, 0.1) is 0 Å². The number of hydrogen-bond acceptors (Lipinski definition) is 5. The van der Waals surface area contributed by atoms with E-state index in [4.69, 9.17) is 23.8 Å². The van der Waals surface area contributed by atoms with Crippen LogP contribution in [0.25, 0.3) is 145 Å². The fourth-order valence-electron chi connectivity index (χ4n) is 10.5. The highest BCUT2D eigenvalue weighted by Crippen LogP contribution is 2.43. The Morgan fingerprint density at radius 2 is 0.622 bits per heavy atom. The van der Waals surface area contributed by atoms with E-state index >= 15 is 0 Å². The molecule has 11 aromatic carbocycles. The molecule has 0 fully saturated rings. The van der Waals surface area contributed by atoms with Crippen molar-refractivity contribution in [1.82, 2.24) is 15.0 Å². The van der Waals surface area contributed by atoms with Crippen LogP contribution in [0.3, 0.4) is 0 Å². The Kier molecular flexibility index (Phi) is 10.4. The molecule has 0 saturated heterocycles. The molecule has 5 nitrogen and oxygen atoms in total. The fourth-order valence-corrected chi connectivity index (χ4v) is 10.5. The monoisotopic (exact) mass is 945 g/mol. The quantitative estimate of drug-likeness (QED) is 0.144. The molecular weight excluding hydrogens is 903 g/mol. The van der Waals surface area contributed by atoms with E-state index < -0.39 is 0 Å². The molecule has 74 heavy (non-hydrogen) atoms. The molecule has 0 aliphatic rings. The minimum atomic E-state index is 0.585. The van der Waals surface area contributed by atoms with Gasteiger partial charge in [-0.1, -0.05) is 243 Å². The highest BCUT2D eigenvalue weighted by atomic mass is 16.3. The number of furan rings is 2. The molecule has 3 aromatic heterocycles. The Labute approximate surface area is 427 Å².